The number of hydrogen-bond acceptors (Lipinski definition) is 4. The van der Waals surface area contributed by atoms with Gasteiger partial charge in [-0.3, -0.25) is 0 Å². The quantitative estimate of drug-likeness (QED) is 0.297. The minimum atomic E-state index is 0. The van der Waals surface area contributed by atoms with Gasteiger partial charge in [0.05, 0.1) is 0 Å². The number of thiophene rings is 2. The van der Waals surface area contributed by atoms with Crippen LogP contribution in [0.15, 0.2) is 59.6 Å². The van der Waals surface area contributed by atoms with Gasteiger partial charge in [0, 0.05) is 12.4 Å². The Balaban J connectivity index is 0.000000173. The first kappa shape index (κ1) is 19.7. The topological polar surface area (TPSA) is 25.8 Å². The zero-order valence-electron chi connectivity index (χ0n) is 13.8. The molecule has 0 amide bonds. The van der Waals surface area contributed by atoms with Crippen molar-refractivity contribution < 1.29 is 21.1 Å². The third kappa shape index (κ3) is 5.71. The van der Waals surface area contributed by atoms with Crippen molar-refractivity contribution in [3.63, 3.8) is 0 Å². The zero-order valence-corrected chi connectivity index (χ0v) is 17.7. The maximum Gasteiger partial charge on any atom is 2.00 e. The van der Waals surface area contributed by atoms with Crippen LogP contribution in [0.1, 0.15) is 11.1 Å². The molecule has 0 atom stereocenters. The summed E-state index contributed by atoms with van der Waals surface area (Å²) in [5, 5.41) is 4.02. The van der Waals surface area contributed by atoms with Gasteiger partial charge in [0.25, 0.3) is 0 Å². The predicted octanol–water partition coefficient (Wildman–Crippen LogP) is 5.83. The maximum atomic E-state index is 4.30. The molecule has 5 heteroatoms. The van der Waals surface area contributed by atoms with Gasteiger partial charge >= 0.3 is 21.1 Å². The molecule has 0 aliphatic carbocycles. The molecule has 2 nitrogen and oxygen atoms in total. The molecule has 0 bridgehead atoms. The standard InChI is InChI=1S/2C10H8NS.Pt/c2*1-8-4-5-9(11-7-8)10-3-2-6-12-10;/h2*2,4-7H,1H3;/q2*-1;+2. The van der Waals surface area contributed by atoms with Gasteiger partial charge in [-0.25, -0.2) is 22.7 Å². The Bertz CT molecular complexity index is 777. The van der Waals surface area contributed by atoms with E-state index < -0.39 is 0 Å². The smallest absolute Gasteiger partial charge is 0.319 e. The summed E-state index contributed by atoms with van der Waals surface area (Å²) in [7, 11) is 0. The molecular formula is C20H16N2PtS2. The Labute approximate surface area is 170 Å². The summed E-state index contributed by atoms with van der Waals surface area (Å²) in [6.45, 7) is 4.07. The van der Waals surface area contributed by atoms with E-state index in [0.717, 1.165) is 21.1 Å². The van der Waals surface area contributed by atoms with Crippen LogP contribution in [0.2, 0.25) is 0 Å². The van der Waals surface area contributed by atoms with Crippen LogP contribution in [-0.2, 0) is 21.1 Å². The van der Waals surface area contributed by atoms with E-state index in [1.54, 1.807) is 22.7 Å². The molecule has 0 unspecified atom stereocenters. The first-order valence-corrected chi connectivity index (χ1v) is 9.25. The fraction of sp³-hybridized carbons (Fsp3) is 0.100. The Morgan fingerprint density at radius 3 is 1.44 bits per heavy atom. The normalized spacial score (nSPS) is 9.68. The molecule has 4 heterocycles. The Morgan fingerprint density at radius 2 is 1.16 bits per heavy atom. The van der Waals surface area contributed by atoms with E-state index in [1.807, 2.05) is 61.3 Å². The first-order chi connectivity index (χ1) is 11.7. The molecule has 4 aromatic heterocycles. The van der Waals surface area contributed by atoms with E-state index in [0.29, 0.717) is 0 Å². The molecule has 4 rings (SSSR count). The van der Waals surface area contributed by atoms with E-state index in [2.05, 4.69) is 34.2 Å². The molecule has 25 heavy (non-hydrogen) atoms. The van der Waals surface area contributed by atoms with Crippen molar-refractivity contribution in [2.75, 3.05) is 0 Å². The summed E-state index contributed by atoms with van der Waals surface area (Å²) >= 11 is 3.33. The molecule has 0 spiro atoms. The summed E-state index contributed by atoms with van der Waals surface area (Å²) in [5.41, 5.74) is 4.40. The van der Waals surface area contributed by atoms with Gasteiger partial charge in [-0.15, -0.1) is 10.8 Å². The molecule has 128 valence electrons. The SMILES string of the molecule is Cc1ccc(-c2[c-]ccs2)nc1.Cc1ccc(-c2[c-]ccs2)nc1.[Pt+2]. The van der Waals surface area contributed by atoms with Crippen LogP contribution in [0.5, 0.6) is 0 Å². The summed E-state index contributed by atoms with van der Waals surface area (Å²) in [4.78, 5) is 10.8. The summed E-state index contributed by atoms with van der Waals surface area (Å²) in [5.74, 6) is 0. The summed E-state index contributed by atoms with van der Waals surface area (Å²) < 4.78 is 0. The molecule has 0 aliphatic rings. The van der Waals surface area contributed by atoms with Gasteiger partial charge in [0.15, 0.2) is 0 Å². The van der Waals surface area contributed by atoms with Crippen LogP contribution in [-0.4, -0.2) is 9.97 Å². The van der Waals surface area contributed by atoms with Crippen LogP contribution in [0.3, 0.4) is 0 Å². The van der Waals surface area contributed by atoms with Gasteiger partial charge in [0.1, 0.15) is 0 Å². The van der Waals surface area contributed by atoms with Crippen molar-refractivity contribution in [3.05, 3.63) is 82.8 Å². The van der Waals surface area contributed by atoms with E-state index in [9.17, 15) is 0 Å². The number of aromatic nitrogens is 2. The van der Waals surface area contributed by atoms with Gasteiger partial charge in [-0.2, -0.15) is 24.3 Å². The zero-order chi connectivity index (χ0) is 16.8. The molecular weight excluding hydrogens is 527 g/mol. The van der Waals surface area contributed by atoms with Crippen LogP contribution < -0.4 is 0 Å². The second-order valence-corrected chi connectivity index (χ2v) is 7.06. The van der Waals surface area contributed by atoms with Crippen molar-refractivity contribution in [3.8, 4) is 21.1 Å². The Hall–Kier alpha value is -1.61. The van der Waals surface area contributed by atoms with Crippen LogP contribution in [0.25, 0.3) is 21.1 Å². The van der Waals surface area contributed by atoms with Crippen molar-refractivity contribution in [1.82, 2.24) is 9.97 Å². The molecule has 0 N–H and O–H groups in total. The Kier molecular flexibility index (Phi) is 7.70. The van der Waals surface area contributed by atoms with E-state index in [-0.39, 0.29) is 21.1 Å². The van der Waals surface area contributed by atoms with Gasteiger partial charge in [-0.1, -0.05) is 34.0 Å². The molecule has 0 fully saturated rings. The molecule has 0 aliphatic heterocycles. The van der Waals surface area contributed by atoms with Crippen molar-refractivity contribution in [2.45, 2.75) is 13.8 Å². The molecule has 0 radical (unpaired) electrons. The Morgan fingerprint density at radius 1 is 0.720 bits per heavy atom. The maximum absolute atomic E-state index is 4.30. The number of pyridine rings is 2. The van der Waals surface area contributed by atoms with Gasteiger partial charge < -0.3 is 9.97 Å². The van der Waals surface area contributed by atoms with E-state index >= 15 is 0 Å². The number of nitrogens with zero attached hydrogens (tertiary/aromatic N) is 2. The average molecular weight is 544 g/mol. The third-order valence-corrected chi connectivity index (χ3v) is 4.89. The van der Waals surface area contributed by atoms with Crippen molar-refractivity contribution in [2.24, 2.45) is 0 Å². The number of rotatable bonds is 2. The largest absolute Gasteiger partial charge is 2.00 e. The molecule has 4 aromatic rings. The van der Waals surface area contributed by atoms with Crippen LogP contribution in [0, 0.1) is 26.0 Å². The van der Waals surface area contributed by atoms with Gasteiger partial charge in [0.2, 0.25) is 0 Å². The fourth-order valence-electron chi connectivity index (χ4n) is 1.96. The predicted molar refractivity (Wildman–Crippen MR) is 102 cm³/mol. The van der Waals surface area contributed by atoms with Crippen molar-refractivity contribution in [1.29, 1.82) is 0 Å². The number of aryl methyl sites for hydroxylation is 2. The molecule has 0 aromatic carbocycles. The average Bonchev–Trinajstić information content (AvgIpc) is 3.31. The molecule has 0 saturated heterocycles. The molecule has 0 saturated carbocycles. The summed E-state index contributed by atoms with van der Waals surface area (Å²) in [6.07, 6.45) is 3.76. The van der Waals surface area contributed by atoms with Crippen LogP contribution >= 0.6 is 22.7 Å². The van der Waals surface area contributed by atoms with Crippen molar-refractivity contribution >= 4 is 22.7 Å². The van der Waals surface area contributed by atoms with Crippen LogP contribution in [0.4, 0.5) is 0 Å². The second-order valence-electron chi connectivity index (χ2n) is 5.23. The monoisotopic (exact) mass is 543 g/mol. The number of hydrogen-bond donors (Lipinski definition) is 0. The van der Waals surface area contributed by atoms with E-state index in [4.69, 9.17) is 0 Å². The van der Waals surface area contributed by atoms with Gasteiger partial charge in [-0.05, 0) is 36.4 Å². The minimum Gasteiger partial charge on any atom is -0.319 e. The van der Waals surface area contributed by atoms with E-state index in [1.165, 1.54) is 11.1 Å². The third-order valence-electron chi connectivity index (χ3n) is 3.22. The summed E-state index contributed by atoms with van der Waals surface area (Å²) in [6, 6.07) is 18.3. The fourth-order valence-corrected chi connectivity index (χ4v) is 3.26. The second kappa shape index (κ2) is 9.76. The minimum absolute atomic E-state index is 0. The first-order valence-electron chi connectivity index (χ1n) is 7.49.